The van der Waals surface area contributed by atoms with Gasteiger partial charge in [0, 0.05) is 6.61 Å². The van der Waals surface area contributed by atoms with Crippen molar-refractivity contribution in [1.82, 2.24) is 9.55 Å². The average Bonchev–Trinajstić information content (AvgIpc) is 3.08. The van der Waals surface area contributed by atoms with Gasteiger partial charge in [0.1, 0.15) is 4.83 Å². The third-order valence-corrected chi connectivity index (χ3v) is 4.08. The molecule has 0 bridgehead atoms. The molecule has 0 spiro atoms. The zero-order valence-electron chi connectivity index (χ0n) is 10.6. The fraction of sp³-hybridized carbons (Fsp3) is 0.538. The van der Waals surface area contributed by atoms with Gasteiger partial charge in [-0.3, -0.25) is 9.36 Å². The second kappa shape index (κ2) is 5.81. The molecule has 0 radical (unpaired) electrons. The fourth-order valence-corrected chi connectivity index (χ4v) is 2.93. The van der Waals surface area contributed by atoms with Crippen LogP contribution >= 0.6 is 11.3 Å². The Kier molecular flexibility index (Phi) is 3.91. The van der Waals surface area contributed by atoms with E-state index in [1.807, 2.05) is 11.4 Å². The minimum Gasteiger partial charge on any atom is -0.377 e. The molecule has 0 N–H and O–H groups in total. The van der Waals surface area contributed by atoms with Gasteiger partial charge in [-0.2, -0.15) is 0 Å². The first-order valence-corrected chi connectivity index (χ1v) is 7.34. The van der Waals surface area contributed by atoms with Crippen LogP contribution < -0.4 is 5.56 Å². The van der Waals surface area contributed by atoms with E-state index < -0.39 is 0 Å². The first-order valence-electron chi connectivity index (χ1n) is 6.46. The van der Waals surface area contributed by atoms with Crippen molar-refractivity contribution < 1.29 is 9.47 Å². The van der Waals surface area contributed by atoms with Crippen LogP contribution in [0.4, 0.5) is 0 Å². The molecule has 1 atom stereocenters. The zero-order chi connectivity index (χ0) is 13.1. The molecule has 3 rings (SSSR count). The van der Waals surface area contributed by atoms with E-state index in [2.05, 4.69) is 4.98 Å². The monoisotopic (exact) mass is 280 g/mol. The number of rotatable bonds is 5. The van der Waals surface area contributed by atoms with Gasteiger partial charge < -0.3 is 9.47 Å². The van der Waals surface area contributed by atoms with Crippen molar-refractivity contribution in [2.75, 3.05) is 19.8 Å². The summed E-state index contributed by atoms with van der Waals surface area (Å²) in [5.41, 5.74) is 0.00645. The van der Waals surface area contributed by atoms with Gasteiger partial charge in [-0.1, -0.05) is 0 Å². The minimum atomic E-state index is 0.00645. The maximum atomic E-state index is 12.1. The summed E-state index contributed by atoms with van der Waals surface area (Å²) in [5, 5.41) is 2.57. The van der Waals surface area contributed by atoms with Gasteiger partial charge in [0.25, 0.3) is 5.56 Å². The van der Waals surface area contributed by atoms with E-state index in [0.717, 1.165) is 24.3 Å². The molecule has 3 heterocycles. The van der Waals surface area contributed by atoms with Crippen LogP contribution in [0.25, 0.3) is 10.2 Å². The normalized spacial score (nSPS) is 19.3. The van der Waals surface area contributed by atoms with Gasteiger partial charge >= 0.3 is 0 Å². The Morgan fingerprint density at radius 1 is 1.58 bits per heavy atom. The van der Waals surface area contributed by atoms with Crippen molar-refractivity contribution in [3.05, 3.63) is 28.1 Å². The van der Waals surface area contributed by atoms with Crippen LogP contribution in [-0.2, 0) is 16.0 Å². The average molecular weight is 280 g/mol. The van der Waals surface area contributed by atoms with Crippen molar-refractivity contribution in [2.24, 2.45) is 0 Å². The number of hydrogen-bond donors (Lipinski definition) is 0. The highest BCUT2D eigenvalue weighted by atomic mass is 32.1. The van der Waals surface area contributed by atoms with Crippen LogP contribution in [0.15, 0.2) is 22.6 Å². The third-order valence-electron chi connectivity index (χ3n) is 3.25. The van der Waals surface area contributed by atoms with E-state index in [-0.39, 0.29) is 11.7 Å². The fourth-order valence-electron chi connectivity index (χ4n) is 2.21. The van der Waals surface area contributed by atoms with E-state index in [4.69, 9.17) is 9.47 Å². The summed E-state index contributed by atoms with van der Waals surface area (Å²) in [6, 6.07) is 1.82. The lowest BCUT2D eigenvalue weighted by atomic mass is 10.2. The zero-order valence-corrected chi connectivity index (χ0v) is 11.4. The van der Waals surface area contributed by atoms with Gasteiger partial charge in [0.05, 0.1) is 37.6 Å². The molecule has 0 aromatic carbocycles. The second-order valence-electron chi connectivity index (χ2n) is 4.59. The number of fused-ring (bicyclic) bond motifs is 1. The lowest BCUT2D eigenvalue weighted by molar-refractivity contribution is 0.0146. The van der Waals surface area contributed by atoms with E-state index in [1.165, 1.54) is 11.3 Å². The molecule has 1 aliphatic rings. The maximum absolute atomic E-state index is 12.1. The molecule has 1 saturated heterocycles. The molecule has 102 valence electrons. The number of aromatic nitrogens is 2. The largest absolute Gasteiger partial charge is 0.377 e. The number of nitrogens with zero attached hydrogens (tertiary/aromatic N) is 2. The Labute approximate surface area is 114 Å². The molecule has 1 fully saturated rings. The summed E-state index contributed by atoms with van der Waals surface area (Å²) in [4.78, 5) is 17.1. The highest BCUT2D eigenvalue weighted by Crippen LogP contribution is 2.13. The van der Waals surface area contributed by atoms with E-state index >= 15 is 0 Å². The van der Waals surface area contributed by atoms with Gasteiger partial charge in [0.15, 0.2) is 0 Å². The summed E-state index contributed by atoms with van der Waals surface area (Å²) >= 11 is 1.48. The molecule has 0 saturated carbocycles. The van der Waals surface area contributed by atoms with Gasteiger partial charge in [0.2, 0.25) is 0 Å². The molecule has 2 aromatic heterocycles. The lowest BCUT2D eigenvalue weighted by Gasteiger charge is -2.10. The summed E-state index contributed by atoms with van der Waals surface area (Å²) in [6.07, 6.45) is 4.01. The Hall–Kier alpha value is -1.24. The van der Waals surface area contributed by atoms with Crippen molar-refractivity contribution in [3.63, 3.8) is 0 Å². The molecule has 6 heteroatoms. The maximum Gasteiger partial charge on any atom is 0.262 e. The quantitative estimate of drug-likeness (QED) is 0.782. The Morgan fingerprint density at radius 2 is 2.53 bits per heavy atom. The molecule has 19 heavy (non-hydrogen) atoms. The Balaban J connectivity index is 1.56. The molecule has 0 aliphatic carbocycles. The number of ether oxygens (including phenoxy) is 2. The van der Waals surface area contributed by atoms with E-state index in [1.54, 1.807) is 10.9 Å². The second-order valence-corrected chi connectivity index (χ2v) is 5.49. The summed E-state index contributed by atoms with van der Waals surface area (Å²) in [6.45, 7) is 2.50. The van der Waals surface area contributed by atoms with Gasteiger partial charge in [-0.25, -0.2) is 4.98 Å². The Morgan fingerprint density at radius 3 is 3.37 bits per heavy atom. The minimum absolute atomic E-state index is 0.00645. The van der Waals surface area contributed by atoms with Crippen LogP contribution in [0.2, 0.25) is 0 Å². The molecule has 2 aromatic rings. The number of thiophene rings is 1. The predicted octanol–water partition coefficient (Wildman–Crippen LogP) is 1.65. The molecule has 1 aliphatic heterocycles. The van der Waals surface area contributed by atoms with Gasteiger partial charge in [-0.05, 0) is 24.3 Å². The number of hydrogen-bond acceptors (Lipinski definition) is 5. The van der Waals surface area contributed by atoms with Crippen molar-refractivity contribution in [2.45, 2.75) is 25.5 Å². The highest BCUT2D eigenvalue weighted by Gasteiger charge is 2.15. The molecule has 5 nitrogen and oxygen atoms in total. The molecule has 0 amide bonds. The summed E-state index contributed by atoms with van der Waals surface area (Å²) in [7, 11) is 0. The molecular formula is C13H16N2O3S. The van der Waals surface area contributed by atoms with Crippen molar-refractivity contribution in [1.29, 1.82) is 0 Å². The van der Waals surface area contributed by atoms with Crippen LogP contribution in [0.1, 0.15) is 12.8 Å². The van der Waals surface area contributed by atoms with E-state index in [0.29, 0.717) is 25.1 Å². The lowest BCUT2D eigenvalue weighted by Crippen LogP contribution is -2.23. The van der Waals surface area contributed by atoms with Crippen LogP contribution in [0.3, 0.4) is 0 Å². The molecular weight excluding hydrogens is 264 g/mol. The van der Waals surface area contributed by atoms with Crippen LogP contribution in [-0.4, -0.2) is 35.5 Å². The predicted molar refractivity (Wildman–Crippen MR) is 73.7 cm³/mol. The molecule has 0 unspecified atom stereocenters. The van der Waals surface area contributed by atoms with Crippen molar-refractivity contribution >= 4 is 21.6 Å². The van der Waals surface area contributed by atoms with Crippen LogP contribution in [0, 0.1) is 0 Å². The van der Waals surface area contributed by atoms with Crippen LogP contribution in [0.5, 0.6) is 0 Å². The highest BCUT2D eigenvalue weighted by molar-refractivity contribution is 7.16. The summed E-state index contributed by atoms with van der Waals surface area (Å²) < 4.78 is 12.6. The standard InChI is InChI=1S/C13H16N2O3S/c16-13-11-3-7-19-12(11)14-9-15(13)4-6-17-8-10-2-1-5-18-10/h3,7,9-10H,1-2,4-6,8H2/t10-/m1/s1. The first-order chi connectivity index (χ1) is 9.34. The SMILES string of the molecule is O=c1c2ccsc2ncn1CCOC[C@H]1CCCO1. The van der Waals surface area contributed by atoms with Gasteiger partial charge in [-0.15, -0.1) is 11.3 Å². The topological polar surface area (TPSA) is 53.4 Å². The smallest absolute Gasteiger partial charge is 0.262 e. The third kappa shape index (κ3) is 2.86. The van der Waals surface area contributed by atoms with Crippen molar-refractivity contribution in [3.8, 4) is 0 Å². The Bertz CT molecular complexity index is 601. The van der Waals surface area contributed by atoms with E-state index in [9.17, 15) is 4.79 Å². The first kappa shape index (κ1) is 12.8. The summed E-state index contributed by atoms with van der Waals surface area (Å²) in [5.74, 6) is 0.